The zero-order valence-corrected chi connectivity index (χ0v) is 8.36. The Hall–Kier alpha value is -2.11. The van der Waals surface area contributed by atoms with Gasteiger partial charge in [-0.25, -0.2) is 4.98 Å². The van der Waals surface area contributed by atoms with Crippen LogP contribution >= 0.6 is 0 Å². The Kier molecular flexibility index (Phi) is 2.49. The summed E-state index contributed by atoms with van der Waals surface area (Å²) in [4.78, 5) is 8.11. The van der Waals surface area contributed by atoms with Crippen molar-refractivity contribution in [1.29, 1.82) is 0 Å². The van der Waals surface area contributed by atoms with Crippen molar-refractivity contribution in [2.45, 2.75) is 13.5 Å². The Balaban J connectivity index is 1.96. The Morgan fingerprint density at radius 2 is 2.33 bits per heavy atom. The van der Waals surface area contributed by atoms with Crippen molar-refractivity contribution >= 4 is 11.8 Å². The molecule has 0 unspecified atom stereocenters. The fourth-order valence-electron chi connectivity index (χ4n) is 1.14. The van der Waals surface area contributed by atoms with Gasteiger partial charge in [-0.15, -0.1) is 5.10 Å². The lowest BCUT2D eigenvalue weighted by Gasteiger charge is -2.01. The molecule has 78 valence electrons. The van der Waals surface area contributed by atoms with E-state index in [2.05, 4.69) is 25.5 Å². The van der Waals surface area contributed by atoms with Crippen molar-refractivity contribution in [2.75, 3.05) is 11.1 Å². The second-order valence-electron chi connectivity index (χ2n) is 3.19. The summed E-state index contributed by atoms with van der Waals surface area (Å²) < 4.78 is 0. The molecule has 6 heteroatoms. The standard InChI is InChI=1S/C9H12N6/c1-6-13-9(15-14-6)12-5-7-2-3-8(10)11-4-7/h2-4H,5H2,1H3,(H2,10,11)(H2,12,13,14,15). The quantitative estimate of drug-likeness (QED) is 0.684. The molecule has 0 aliphatic heterocycles. The van der Waals surface area contributed by atoms with Crippen LogP contribution in [0.4, 0.5) is 11.8 Å². The second kappa shape index (κ2) is 3.95. The lowest BCUT2D eigenvalue weighted by atomic mass is 10.3. The summed E-state index contributed by atoms with van der Waals surface area (Å²) >= 11 is 0. The molecule has 15 heavy (non-hydrogen) atoms. The third-order valence-electron chi connectivity index (χ3n) is 1.90. The summed E-state index contributed by atoms with van der Waals surface area (Å²) in [5.74, 6) is 1.89. The first-order valence-corrected chi connectivity index (χ1v) is 4.57. The number of pyridine rings is 1. The number of hydrogen-bond donors (Lipinski definition) is 3. The van der Waals surface area contributed by atoms with E-state index in [1.807, 2.05) is 13.0 Å². The Morgan fingerprint density at radius 1 is 1.47 bits per heavy atom. The number of aryl methyl sites for hydroxylation is 1. The molecule has 0 amide bonds. The number of H-pyrrole nitrogens is 1. The van der Waals surface area contributed by atoms with Crippen LogP contribution < -0.4 is 11.1 Å². The van der Waals surface area contributed by atoms with Crippen LogP contribution in [0.25, 0.3) is 0 Å². The summed E-state index contributed by atoms with van der Waals surface area (Å²) in [7, 11) is 0. The summed E-state index contributed by atoms with van der Waals surface area (Å²) in [6.07, 6.45) is 1.72. The van der Waals surface area contributed by atoms with Crippen LogP contribution in [-0.4, -0.2) is 20.2 Å². The molecule has 0 saturated heterocycles. The maximum absolute atomic E-state index is 5.48. The molecule has 0 saturated carbocycles. The van der Waals surface area contributed by atoms with Crippen LogP contribution in [0.1, 0.15) is 11.4 Å². The molecule has 4 N–H and O–H groups in total. The van der Waals surface area contributed by atoms with E-state index in [0.29, 0.717) is 18.3 Å². The van der Waals surface area contributed by atoms with Crippen molar-refractivity contribution in [3.63, 3.8) is 0 Å². The first kappa shape index (κ1) is 9.45. The topological polar surface area (TPSA) is 92.5 Å². The normalized spacial score (nSPS) is 10.2. The first-order valence-electron chi connectivity index (χ1n) is 4.57. The van der Waals surface area contributed by atoms with E-state index >= 15 is 0 Å². The van der Waals surface area contributed by atoms with Gasteiger partial charge in [0.15, 0.2) is 0 Å². The van der Waals surface area contributed by atoms with Gasteiger partial charge in [0, 0.05) is 12.7 Å². The molecule has 0 spiro atoms. The van der Waals surface area contributed by atoms with Gasteiger partial charge in [-0.3, -0.25) is 5.10 Å². The Labute approximate surface area is 86.9 Å². The fourth-order valence-corrected chi connectivity index (χ4v) is 1.14. The van der Waals surface area contributed by atoms with Gasteiger partial charge in [0.05, 0.1) is 0 Å². The average molecular weight is 204 g/mol. The van der Waals surface area contributed by atoms with E-state index in [1.54, 1.807) is 12.3 Å². The third kappa shape index (κ3) is 2.43. The van der Waals surface area contributed by atoms with E-state index in [-0.39, 0.29) is 0 Å². The SMILES string of the molecule is Cc1nc(NCc2ccc(N)nc2)n[nH]1. The Morgan fingerprint density at radius 3 is 2.93 bits per heavy atom. The maximum Gasteiger partial charge on any atom is 0.242 e. The van der Waals surface area contributed by atoms with Crippen molar-refractivity contribution in [2.24, 2.45) is 0 Å². The molecule has 2 aromatic heterocycles. The number of aromatic nitrogens is 4. The number of hydrogen-bond acceptors (Lipinski definition) is 5. The fraction of sp³-hybridized carbons (Fsp3) is 0.222. The number of nitrogen functional groups attached to an aromatic ring is 1. The minimum atomic E-state index is 0.521. The van der Waals surface area contributed by atoms with E-state index in [9.17, 15) is 0 Å². The van der Waals surface area contributed by atoms with Crippen LogP contribution in [0, 0.1) is 6.92 Å². The molecular weight excluding hydrogens is 192 g/mol. The molecule has 0 aromatic carbocycles. The van der Waals surface area contributed by atoms with Gasteiger partial charge in [-0.05, 0) is 18.6 Å². The lowest BCUT2D eigenvalue weighted by Crippen LogP contribution is -2.02. The van der Waals surface area contributed by atoms with Crippen molar-refractivity contribution in [1.82, 2.24) is 20.2 Å². The molecule has 0 fully saturated rings. The smallest absolute Gasteiger partial charge is 0.242 e. The molecule has 0 aliphatic carbocycles. The van der Waals surface area contributed by atoms with Gasteiger partial charge >= 0.3 is 0 Å². The number of nitrogens with zero attached hydrogens (tertiary/aromatic N) is 3. The summed E-state index contributed by atoms with van der Waals surface area (Å²) in [6, 6.07) is 3.68. The highest BCUT2D eigenvalue weighted by Crippen LogP contribution is 2.04. The van der Waals surface area contributed by atoms with Gasteiger partial charge in [0.25, 0.3) is 0 Å². The largest absolute Gasteiger partial charge is 0.384 e. The van der Waals surface area contributed by atoms with Crippen LogP contribution in [0.2, 0.25) is 0 Å². The highest BCUT2D eigenvalue weighted by atomic mass is 15.3. The van der Waals surface area contributed by atoms with Crippen molar-refractivity contribution in [3.05, 3.63) is 29.7 Å². The maximum atomic E-state index is 5.48. The molecule has 0 bridgehead atoms. The summed E-state index contributed by atoms with van der Waals surface area (Å²) in [5.41, 5.74) is 6.51. The number of nitrogens with two attached hydrogens (primary N) is 1. The molecule has 2 heterocycles. The molecule has 0 aliphatic rings. The number of nitrogens with one attached hydrogen (secondary N) is 2. The molecule has 0 radical (unpaired) electrons. The zero-order valence-electron chi connectivity index (χ0n) is 8.36. The minimum absolute atomic E-state index is 0.521. The van der Waals surface area contributed by atoms with Gasteiger partial charge in [0.1, 0.15) is 11.6 Å². The summed E-state index contributed by atoms with van der Waals surface area (Å²) in [5, 5.41) is 9.78. The van der Waals surface area contributed by atoms with Crippen LogP contribution in [0.15, 0.2) is 18.3 Å². The predicted octanol–water partition coefficient (Wildman–Crippen LogP) is 0.702. The third-order valence-corrected chi connectivity index (χ3v) is 1.90. The average Bonchev–Trinajstić information content (AvgIpc) is 2.64. The zero-order chi connectivity index (χ0) is 10.7. The van der Waals surface area contributed by atoms with E-state index < -0.39 is 0 Å². The second-order valence-corrected chi connectivity index (χ2v) is 3.19. The van der Waals surface area contributed by atoms with Gasteiger partial charge < -0.3 is 11.1 Å². The first-order chi connectivity index (χ1) is 7.24. The van der Waals surface area contributed by atoms with Gasteiger partial charge in [-0.2, -0.15) is 4.98 Å². The molecule has 2 rings (SSSR count). The Bertz CT molecular complexity index is 432. The predicted molar refractivity (Wildman–Crippen MR) is 57.1 cm³/mol. The monoisotopic (exact) mass is 204 g/mol. The van der Waals surface area contributed by atoms with Crippen LogP contribution in [0.3, 0.4) is 0 Å². The van der Waals surface area contributed by atoms with Gasteiger partial charge in [0.2, 0.25) is 5.95 Å². The molecule has 2 aromatic rings. The van der Waals surface area contributed by atoms with Crippen LogP contribution in [0.5, 0.6) is 0 Å². The number of rotatable bonds is 3. The van der Waals surface area contributed by atoms with E-state index in [1.165, 1.54) is 0 Å². The summed E-state index contributed by atoms with van der Waals surface area (Å²) in [6.45, 7) is 2.48. The molecule has 0 atom stereocenters. The van der Waals surface area contributed by atoms with E-state index in [0.717, 1.165) is 11.4 Å². The highest BCUT2D eigenvalue weighted by molar-refractivity contribution is 5.31. The number of anilines is 2. The van der Waals surface area contributed by atoms with Crippen molar-refractivity contribution < 1.29 is 0 Å². The molecular formula is C9H12N6. The lowest BCUT2D eigenvalue weighted by molar-refractivity contribution is 1.02. The van der Waals surface area contributed by atoms with Gasteiger partial charge in [-0.1, -0.05) is 6.07 Å². The highest BCUT2D eigenvalue weighted by Gasteiger charge is 1.98. The van der Waals surface area contributed by atoms with Crippen LogP contribution in [-0.2, 0) is 6.54 Å². The minimum Gasteiger partial charge on any atom is -0.384 e. The number of aromatic amines is 1. The van der Waals surface area contributed by atoms with E-state index in [4.69, 9.17) is 5.73 Å². The molecule has 6 nitrogen and oxygen atoms in total. The van der Waals surface area contributed by atoms with Crippen molar-refractivity contribution in [3.8, 4) is 0 Å².